The maximum atomic E-state index is 13.2. The van der Waals surface area contributed by atoms with E-state index in [1.165, 1.54) is 19.4 Å². The fourth-order valence-electron chi connectivity index (χ4n) is 11.4. The lowest BCUT2D eigenvalue weighted by Crippen LogP contribution is -2.68. The second-order valence-electron chi connectivity index (χ2n) is 16.3. The predicted molar refractivity (Wildman–Crippen MR) is 153 cm³/mol. The van der Waals surface area contributed by atoms with Gasteiger partial charge in [-0.1, -0.05) is 60.1 Å². The van der Waals surface area contributed by atoms with Crippen molar-refractivity contribution >= 4 is 17.9 Å². The van der Waals surface area contributed by atoms with Crippen LogP contribution in [0.2, 0.25) is 0 Å². The van der Waals surface area contributed by atoms with Crippen LogP contribution in [0.3, 0.4) is 0 Å². The fraction of sp³-hybridized carbons (Fsp3) is 0.853. The summed E-state index contributed by atoms with van der Waals surface area (Å²) in [5.74, 6) is -0.696. The Bertz CT molecular complexity index is 1140. The van der Waals surface area contributed by atoms with Gasteiger partial charge in [-0.05, 0) is 91.3 Å². The van der Waals surface area contributed by atoms with E-state index in [0.29, 0.717) is 24.7 Å². The third-order valence-electron chi connectivity index (χ3n) is 13.6. The van der Waals surface area contributed by atoms with E-state index >= 15 is 0 Å². The minimum absolute atomic E-state index is 0.0317. The number of carbonyl (C=O) groups excluding carboxylic acids is 2. The van der Waals surface area contributed by atoms with Crippen LogP contribution in [0.4, 0.5) is 0 Å². The molecule has 4 saturated carbocycles. The molecule has 224 valence electrons. The lowest BCUT2D eigenvalue weighted by molar-refractivity contribution is -0.226. The Balaban J connectivity index is 1.62. The standard InChI is InChI=1S/C34H52O6/c1-20(35)39-26-13-14-31(7)24(30(26,5)6)12-15-32(8)25(31)11-10-22-23-18-29(3,4)16-17-34(23,28(37)38)27(40-21(2)36)19-33(22,32)9/h10,23-27H,11-19H2,1-9H3,(H,37,38)/t23-,24-,25+,26-,27+,31-,32+,33+,34+/m0/s1. The van der Waals surface area contributed by atoms with Crippen LogP contribution in [0.1, 0.15) is 120 Å². The first-order valence-corrected chi connectivity index (χ1v) is 15.6. The van der Waals surface area contributed by atoms with Crippen molar-refractivity contribution in [3.63, 3.8) is 0 Å². The summed E-state index contributed by atoms with van der Waals surface area (Å²) in [6.07, 6.45) is 9.38. The molecule has 0 radical (unpaired) electrons. The highest BCUT2D eigenvalue weighted by molar-refractivity contribution is 5.78. The van der Waals surface area contributed by atoms with Crippen molar-refractivity contribution in [1.82, 2.24) is 0 Å². The first kappa shape index (κ1) is 29.6. The molecule has 0 amide bonds. The highest BCUT2D eigenvalue weighted by atomic mass is 16.5. The van der Waals surface area contributed by atoms with Crippen LogP contribution in [0.25, 0.3) is 0 Å². The molecule has 4 fully saturated rings. The molecule has 1 N–H and O–H groups in total. The largest absolute Gasteiger partial charge is 0.481 e. The van der Waals surface area contributed by atoms with Gasteiger partial charge >= 0.3 is 17.9 Å². The quantitative estimate of drug-likeness (QED) is 0.289. The Labute approximate surface area is 241 Å². The van der Waals surface area contributed by atoms with E-state index in [2.05, 4.69) is 54.5 Å². The second kappa shape index (κ2) is 9.07. The molecule has 0 unspecified atom stereocenters. The summed E-state index contributed by atoms with van der Waals surface area (Å²) in [6.45, 7) is 19.3. The van der Waals surface area contributed by atoms with Gasteiger partial charge in [-0.2, -0.15) is 0 Å². The number of hydrogen-bond donors (Lipinski definition) is 1. The number of hydrogen-bond acceptors (Lipinski definition) is 5. The monoisotopic (exact) mass is 556 g/mol. The van der Waals surface area contributed by atoms with Gasteiger partial charge in [-0.3, -0.25) is 14.4 Å². The molecule has 0 aromatic carbocycles. The number of allylic oxidation sites excluding steroid dienone is 2. The highest BCUT2D eigenvalue weighted by Crippen LogP contribution is 2.76. The van der Waals surface area contributed by atoms with Crippen LogP contribution in [0.5, 0.6) is 0 Å². The Hall–Kier alpha value is -1.85. The summed E-state index contributed by atoms with van der Waals surface area (Å²) in [4.78, 5) is 37.6. The number of aliphatic carboxylic acids is 1. The molecule has 6 nitrogen and oxygen atoms in total. The minimum Gasteiger partial charge on any atom is -0.481 e. The topological polar surface area (TPSA) is 89.9 Å². The van der Waals surface area contributed by atoms with Crippen molar-refractivity contribution in [2.45, 2.75) is 132 Å². The number of esters is 2. The zero-order valence-corrected chi connectivity index (χ0v) is 26.3. The molecule has 6 heteroatoms. The highest BCUT2D eigenvalue weighted by Gasteiger charge is 2.72. The third-order valence-corrected chi connectivity index (χ3v) is 13.6. The Kier molecular flexibility index (Phi) is 6.72. The molecule has 0 aromatic heterocycles. The molecule has 0 heterocycles. The molecule has 5 aliphatic carbocycles. The van der Waals surface area contributed by atoms with E-state index in [0.717, 1.165) is 44.9 Å². The molecule has 5 aliphatic rings. The number of carbonyl (C=O) groups is 3. The summed E-state index contributed by atoms with van der Waals surface area (Å²) in [7, 11) is 0. The third kappa shape index (κ3) is 3.89. The molecule has 9 atom stereocenters. The van der Waals surface area contributed by atoms with Gasteiger partial charge in [0.15, 0.2) is 0 Å². The smallest absolute Gasteiger partial charge is 0.314 e. The van der Waals surface area contributed by atoms with Gasteiger partial charge in [0.1, 0.15) is 17.6 Å². The van der Waals surface area contributed by atoms with Gasteiger partial charge in [0.2, 0.25) is 0 Å². The van der Waals surface area contributed by atoms with E-state index in [1.54, 1.807) is 0 Å². The van der Waals surface area contributed by atoms with Crippen LogP contribution in [0, 0.1) is 50.2 Å². The van der Waals surface area contributed by atoms with Crippen LogP contribution >= 0.6 is 0 Å². The average molecular weight is 557 g/mol. The van der Waals surface area contributed by atoms with Crippen molar-refractivity contribution in [3.8, 4) is 0 Å². The first-order chi connectivity index (χ1) is 18.3. The lowest BCUT2D eigenvalue weighted by atomic mass is 9.33. The Morgan fingerprint density at radius 2 is 1.43 bits per heavy atom. The second-order valence-corrected chi connectivity index (χ2v) is 16.3. The van der Waals surface area contributed by atoms with Crippen LogP contribution in [0.15, 0.2) is 11.6 Å². The van der Waals surface area contributed by atoms with Gasteiger partial charge in [-0.15, -0.1) is 0 Å². The molecule has 0 aliphatic heterocycles. The van der Waals surface area contributed by atoms with Crippen molar-refractivity contribution in [3.05, 3.63) is 11.6 Å². The molecule has 0 bridgehead atoms. The first-order valence-electron chi connectivity index (χ1n) is 15.6. The van der Waals surface area contributed by atoms with Gasteiger partial charge in [0.25, 0.3) is 0 Å². The maximum absolute atomic E-state index is 13.2. The Morgan fingerprint density at radius 3 is 2.02 bits per heavy atom. The van der Waals surface area contributed by atoms with Crippen molar-refractivity contribution in [2.75, 3.05) is 0 Å². The zero-order valence-electron chi connectivity index (χ0n) is 26.3. The van der Waals surface area contributed by atoms with Gasteiger partial charge < -0.3 is 14.6 Å². The van der Waals surface area contributed by atoms with Gasteiger partial charge in [0.05, 0.1) is 0 Å². The fourth-order valence-corrected chi connectivity index (χ4v) is 11.4. The molecular formula is C34H52O6. The van der Waals surface area contributed by atoms with E-state index in [9.17, 15) is 19.5 Å². The maximum Gasteiger partial charge on any atom is 0.314 e. The Morgan fingerprint density at radius 1 is 0.800 bits per heavy atom. The number of rotatable bonds is 3. The van der Waals surface area contributed by atoms with E-state index in [4.69, 9.17) is 9.47 Å². The summed E-state index contributed by atoms with van der Waals surface area (Å²) in [5, 5.41) is 10.8. The molecule has 0 saturated heterocycles. The number of fused-ring (bicyclic) bond motifs is 7. The predicted octanol–water partition coefficient (Wildman–Crippen LogP) is 7.35. The van der Waals surface area contributed by atoms with E-state index < -0.39 is 17.5 Å². The van der Waals surface area contributed by atoms with Crippen LogP contribution in [-0.2, 0) is 23.9 Å². The van der Waals surface area contributed by atoms with E-state index in [-0.39, 0.29) is 51.0 Å². The number of carboxylic acid groups (broad SMARTS) is 1. The SMILES string of the molecule is CC(=O)O[C@H]1CC[C@]2(C)[C@H]3CC=C4[C@@H]5CC(C)(C)CC[C@]5(C(=O)O)[C@H](OC(C)=O)C[C@@]4(C)[C@]3(C)CC[C@H]2C1(C)C. The normalized spacial score (nSPS) is 46.8. The van der Waals surface area contributed by atoms with Gasteiger partial charge in [-0.25, -0.2) is 0 Å². The van der Waals surface area contributed by atoms with Crippen LogP contribution < -0.4 is 0 Å². The van der Waals surface area contributed by atoms with Crippen molar-refractivity contribution in [1.29, 1.82) is 0 Å². The molecular weight excluding hydrogens is 504 g/mol. The molecule has 5 rings (SSSR count). The zero-order chi connectivity index (χ0) is 29.7. The van der Waals surface area contributed by atoms with E-state index in [1.807, 2.05) is 0 Å². The summed E-state index contributed by atoms with van der Waals surface area (Å²) in [5.41, 5.74) is -0.0915. The summed E-state index contributed by atoms with van der Waals surface area (Å²) < 4.78 is 11.9. The minimum atomic E-state index is -1.07. The molecule has 0 spiro atoms. The lowest BCUT2D eigenvalue weighted by Gasteiger charge is -2.71. The summed E-state index contributed by atoms with van der Waals surface area (Å²) >= 11 is 0. The average Bonchev–Trinajstić information content (AvgIpc) is 2.80. The summed E-state index contributed by atoms with van der Waals surface area (Å²) in [6, 6.07) is 0. The van der Waals surface area contributed by atoms with Gasteiger partial charge in [0, 0.05) is 25.2 Å². The van der Waals surface area contributed by atoms with Crippen molar-refractivity contribution < 1.29 is 29.0 Å². The molecule has 0 aromatic rings. The van der Waals surface area contributed by atoms with Crippen LogP contribution in [-0.4, -0.2) is 35.2 Å². The number of ether oxygens (including phenoxy) is 2. The van der Waals surface area contributed by atoms with Crippen molar-refractivity contribution in [2.24, 2.45) is 50.2 Å². The number of carboxylic acids is 1. The molecule has 40 heavy (non-hydrogen) atoms.